The van der Waals surface area contributed by atoms with Crippen LogP contribution < -0.4 is 0 Å². The Morgan fingerprint density at radius 1 is 1.40 bits per heavy atom. The van der Waals surface area contributed by atoms with Crippen molar-refractivity contribution in [2.24, 2.45) is 5.92 Å². The van der Waals surface area contributed by atoms with Gasteiger partial charge in [-0.2, -0.15) is 0 Å². The Bertz CT molecular complexity index is 206. The molecule has 0 bridgehead atoms. The lowest BCUT2D eigenvalue weighted by Crippen LogP contribution is -2.43. The lowest BCUT2D eigenvalue weighted by Gasteiger charge is -2.37. The maximum atomic E-state index is 9.77. The van der Waals surface area contributed by atoms with Gasteiger partial charge in [-0.1, -0.05) is 33.8 Å². The first-order valence-corrected chi connectivity index (χ1v) is 8.47. The number of hydrogen-bond donors (Lipinski definition) is 1. The van der Waals surface area contributed by atoms with Crippen molar-refractivity contribution >= 4 is 8.32 Å². The van der Waals surface area contributed by atoms with E-state index < -0.39 is 14.4 Å². The van der Waals surface area contributed by atoms with Gasteiger partial charge in [0, 0.05) is 5.92 Å². The molecule has 0 fully saturated rings. The van der Waals surface area contributed by atoms with Crippen molar-refractivity contribution in [1.29, 1.82) is 0 Å². The molecule has 0 aliphatic carbocycles. The maximum absolute atomic E-state index is 9.77. The van der Waals surface area contributed by atoms with Gasteiger partial charge in [-0.05, 0) is 18.1 Å². The fourth-order valence-electron chi connectivity index (χ4n) is 0.819. The summed E-state index contributed by atoms with van der Waals surface area (Å²) >= 11 is 0. The molecule has 2 atom stereocenters. The van der Waals surface area contributed by atoms with E-state index in [4.69, 9.17) is 4.43 Å². The molecule has 0 unspecified atom stereocenters. The van der Waals surface area contributed by atoms with Crippen molar-refractivity contribution in [3.05, 3.63) is 12.7 Å². The molecule has 1 N–H and O–H groups in total. The second-order valence-corrected chi connectivity index (χ2v) is 10.5. The molecule has 3 heteroatoms. The monoisotopic (exact) mass is 230 g/mol. The van der Waals surface area contributed by atoms with Crippen LogP contribution in [-0.4, -0.2) is 26.1 Å². The number of hydrogen-bond acceptors (Lipinski definition) is 2. The summed E-state index contributed by atoms with van der Waals surface area (Å²) in [4.78, 5) is 0. The molecule has 0 aliphatic heterocycles. The van der Waals surface area contributed by atoms with Gasteiger partial charge in [-0.25, -0.2) is 0 Å². The molecule has 0 saturated heterocycles. The summed E-state index contributed by atoms with van der Waals surface area (Å²) in [6.07, 6.45) is 1.33. The summed E-state index contributed by atoms with van der Waals surface area (Å²) in [5.74, 6) is 0.0924. The molecule has 2 nitrogen and oxygen atoms in total. The third kappa shape index (κ3) is 4.49. The third-order valence-corrected chi connectivity index (χ3v) is 7.90. The molecule has 0 aromatic carbocycles. The minimum Gasteiger partial charge on any atom is -0.414 e. The standard InChI is InChI=1S/C12H26O2Si/c1-8-10(2)11(13)9-14-15(6,7)12(3,4)5/h8,10-11,13H,1,9H2,2-7H3/t10-,11-/m0/s1. The molecule has 0 heterocycles. The highest BCUT2D eigenvalue weighted by Crippen LogP contribution is 2.36. The predicted molar refractivity (Wildman–Crippen MR) is 68.5 cm³/mol. The van der Waals surface area contributed by atoms with E-state index in [2.05, 4.69) is 40.4 Å². The highest BCUT2D eigenvalue weighted by Gasteiger charge is 2.37. The highest BCUT2D eigenvalue weighted by atomic mass is 28.4. The van der Waals surface area contributed by atoms with Crippen LogP contribution in [0.1, 0.15) is 27.7 Å². The minimum atomic E-state index is -1.72. The topological polar surface area (TPSA) is 29.5 Å². The van der Waals surface area contributed by atoms with Gasteiger partial charge in [0.05, 0.1) is 12.7 Å². The van der Waals surface area contributed by atoms with E-state index in [1.165, 1.54) is 0 Å². The van der Waals surface area contributed by atoms with Gasteiger partial charge in [0.1, 0.15) is 0 Å². The summed E-state index contributed by atoms with van der Waals surface area (Å²) in [6.45, 7) is 17.0. The summed E-state index contributed by atoms with van der Waals surface area (Å²) < 4.78 is 5.92. The quantitative estimate of drug-likeness (QED) is 0.580. The average molecular weight is 230 g/mol. The third-order valence-electron chi connectivity index (χ3n) is 3.40. The van der Waals surface area contributed by atoms with Crippen molar-refractivity contribution in [2.75, 3.05) is 6.61 Å². The van der Waals surface area contributed by atoms with Gasteiger partial charge in [-0.3, -0.25) is 0 Å². The Balaban J connectivity index is 4.21. The van der Waals surface area contributed by atoms with Crippen molar-refractivity contribution in [2.45, 2.75) is 51.9 Å². The second kappa shape index (κ2) is 5.28. The summed E-state index contributed by atoms with van der Waals surface area (Å²) in [5.41, 5.74) is 0. The second-order valence-electron chi connectivity index (χ2n) is 5.73. The van der Waals surface area contributed by atoms with Crippen LogP contribution >= 0.6 is 0 Å². The van der Waals surface area contributed by atoms with Crippen LogP contribution in [0.15, 0.2) is 12.7 Å². The molecule has 0 aromatic heterocycles. The molecule has 0 aromatic rings. The highest BCUT2D eigenvalue weighted by molar-refractivity contribution is 6.74. The normalized spacial score (nSPS) is 17.3. The molecule has 15 heavy (non-hydrogen) atoms. The fraction of sp³-hybridized carbons (Fsp3) is 0.833. The Kier molecular flexibility index (Phi) is 5.24. The van der Waals surface area contributed by atoms with Gasteiger partial charge in [0.25, 0.3) is 0 Å². The summed E-state index contributed by atoms with van der Waals surface area (Å²) in [7, 11) is -1.72. The van der Waals surface area contributed by atoms with E-state index in [1.54, 1.807) is 6.08 Å². The SMILES string of the molecule is C=C[C@H](C)[C@@H](O)CO[Si](C)(C)C(C)(C)C. The average Bonchev–Trinajstić information content (AvgIpc) is 2.11. The van der Waals surface area contributed by atoms with Gasteiger partial charge in [0.2, 0.25) is 0 Å². The zero-order valence-corrected chi connectivity index (χ0v) is 12.0. The van der Waals surface area contributed by atoms with Crippen LogP contribution in [0.25, 0.3) is 0 Å². The first-order chi connectivity index (χ1) is 6.62. The summed E-state index contributed by atoms with van der Waals surface area (Å²) in [6, 6.07) is 0. The number of rotatable bonds is 5. The molecular formula is C12H26O2Si. The van der Waals surface area contributed by atoms with Crippen LogP contribution in [0.3, 0.4) is 0 Å². The smallest absolute Gasteiger partial charge is 0.192 e. The Morgan fingerprint density at radius 3 is 2.20 bits per heavy atom. The molecule has 90 valence electrons. The number of aliphatic hydroxyl groups excluding tert-OH is 1. The predicted octanol–water partition coefficient (Wildman–Crippen LogP) is 3.19. The van der Waals surface area contributed by atoms with Crippen LogP contribution in [-0.2, 0) is 4.43 Å². The van der Waals surface area contributed by atoms with Gasteiger partial charge >= 0.3 is 0 Å². The minimum absolute atomic E-state index is 0.0924. The molecule has 0 aliphatic rings. The molecular weight excluding hydrogens is 204 g/mol. The lowest BCUT2D eigenvalue weighted by molar-refractivity contribution is 0.0731. The molecule has 0 rings (SSSR count). The molecule has 0 spiro atoms. The molecule has 0 radical (unpaired) electrons. The summed E-state index contributed by atoms with van der Waals surface area (Å²) in [5, 5.41) is 9.97. The van der Waals surface area contributed by atoms with Crippen molar-refractivity contribution in [3.8, 4) is 0 Å². The van der Waals surface area contributed by atoms with Crippen molar-refractivity contribution in [1.82, 2.24) is 0 Å². The van der Waals surface area contributed by atoms with E-state index in [0.717, 1.165) is 0 Å². The van der Waals surface area contributed by atoms with E-state index in [0.29, 0.717) is 6.61 Å². The lowest BCUT2D eigenvalue weighted by atomic mass is 10.1. The van der Waals surface area contributed by atoms with Gasteiger partial charge in [0.15, 0.2) is 8.32 Å². The van der Waals surface area contributed by atoms with Crippen molar-refractivity contribution in [3.63, 3.8) is 0 Å². The molecule has 0 amide bonds. The van der Waals surface area contributed by atoms with Crippen LogP contribution in [0.5, 0.6) is 0 Å². The van der Waals surface area contributed by atoms with E-state index in [-0.39, 0.29) is 11.0 Å². The zero-order chi connectivity index (χ0) is 12.3. The zero-order valence-electron chi connectivity index (χ0n) is 11.0. The Morgan fingerprint density at radius 2 is 1.87 bits per heavy atom. The van der Waals surface area contributed by atoms with E-state index in [1.807, 2.05) is 6.92 Å². The first-order valence-electron chi connectivity index (χ1n) is 5.56. The van der Waals surface area contributed by atoms with Crippen LogP contribution in [0.4, 0.5) is 0 Å². The Hall–Kier alpha value is -0.123. The fourth-order valence-corrected chi connectivity index (χ4v) is 1.84. The van der Waals surface area contributed by atoms with Crippen LogP contribution in [0.2, 0.25) is 18.1 Å². The largest absolute Gasteiger partial charge is 0.414 e. The van der Waals surface area contributed by atoms with Crippen LogP contribution in [0, 0.1) is 5.92 Å². The first kappa shape index (κ1) is 14.9. The van der Waals surface area contributed by atoms with Crippen molar-refractivity contribution < 1.29 is 9.53 Å². The Labute approximate surface area is 95.5 Å². The van der Waals surface area contributed by atoms with Gasteiger partial charge in [-0.15, -0.1) is 6.58 Å². The van der Waals surface area contributed by atoms with Gasteiger partial charge < -0.3 is 9.53 Å². The molecule has 0 saturated carbocycles. The van der Waals surface area contributed by atoms with E-state index in [9.17, 15) is 5.11 Å². The van der Waals surface area contributed by atoms with E-state index >= 15 is 0 Å². The maximum Gasteiger partial charge on any atom is 0.192 e. The number of aliphatic hydroxyl groups is 1.